The third-order valence-corrected chi connectivity index (χ3v) is 4.63. The first-order chi connectivity index (χ1) is 11.2. The van der Waals surface area contributed by atoms with Gasteiger partial charge in [-0.1, -0.05) is 51.1 Å². The fourth-order valence-corrected chi connectivity index (χ4v) is 3.49. The monoisotopic (exact) mass is 378 g/mol. The van der Waals surface area contributed by atoms with Crippen LogP contribution >= 0.6 is 24.2 Å². The predicted octanol–water partition coefficient (Wildman–Crippen LogP) is 5.34. The number of thioether (sulfide) groups is 1. The molecule has 0 saturated heterocycles. The number of carbonyl (C=O) groups is 1. The smallest absolute Gasteiger partial charge is 0.226 e. The van der Waals surface area contributed by atoms with Gasteiger partial charge >= 0.3 is 0 Å². The number of halogens is 1. The number of benzene rings is 2. The molecule has 0 aromatic heterocycles. The van der Waals surface area contributed by atoms with Crippen molar-refractivity contribution < 1.29 is 4.79 Å². The van der Waals surface area contributed by atoms with Crippen molar-refractivity contribution in [3.05, 3.63) is 59.7 Å². The minimum absolute atomic E-state index is 0. The maximum absolute atomic E-state index is 12.3. The van der Waals surface area contributed by atoms with Crippen molar-refractivity contribution in [1.29, 1.82) is 0 Å². The van der Waals surface area contributed by atoms with E-state index in [0.717, 1.165) is 16.8 Å². The fraction of sp³-hybridized carbons (Fsp3) is 0.350. The minimum Gasteiger partial charge on any atom is -0.326 e. The molecule has 0 spiro atoms. The second kappa shape index (κ2) is 9.27. The zero-order chi connectivity index (χ0) is 17.7. The van der Waals surface area contributed by atoms with Crippen LogP contribution in [0.15, 0.2) is 53.4 Å². The molecule has 2 rings (SSSR count). The largest absolute Gasteiger partial charge is 0.326 e. The summed E-state index contributed by atoms with van der Waals surface area (Å²) in [6.45, 7) is 8.58. The van der Waals surface area contributed by atoms with Crippen LogP contribution in [0.2, 0.25) is 0 Å². The molecule has 2 aromatic carbocycles. The summed E-state index contributed by atoms with van der Waals surface area (Å²) >= 11 is 1.82. The number of nitrogens with one attached hydrogen (secondary N) is 1. The minimum atomic E-state index is -0.290. The Morgan fingerprint density at radius 1 is 1.16 bits per heavy atom. The summed E-state index contributed by atoms with van der Waals surface area (Å²) in [5, 5.41) is 2.97. The molecule has 0 aliphatic carbocycles. The van der Waals surface area contributed by atoms with E-state index in [2.05, 4.69) is 38.2 Å². The van der Waals surface area contributed by atoms with Crippen LogP contribution in [0.25, 0.3) is 0 Å². The molecule has 0 aliphatic heterocycles. The van der Waals surface area contributed by atoms with Crippen molar-refractivity contribution in [3.8, 4) is 0 Å². The van der Waals surface area contributed by atoms with Crippen LogP contribution < -0.4 is 11.1 Å². The lowest BCUT2D eigenvalue weighted by atomic mass is 10.0. The Kier molecular flexibility index (Phi) is 8.00. The van der Waals surface area contributed by atoms with Crippen molar-refractivity contribution in [3.63, 3.8) is 0 Å². The van der Waals surface area contributed by atoms with Crippen molar-refractivity contribution in [1.82, 2.24) is 0 Å². The first kappa shape index (κ1) is 21.6. The van der Waals surface area contributed by atoms with E-state index in [0.29, 0.717) is 0 Å². The second-order valence-electron chi connectivity index (χ2n) is 6.96. The maximum Gasteiger partial charge on any atom is 0.226 e. The van der Waals surface area contributed by atoms with Crippen molar-refractivity contribution in [2.24, 2.45) is 5.73 Å². The van der Waals surface area contributed by atoms with Gasteiger partial charge in [-0.2, -0.15) is 0 Å². The summed E-state index contributed by atoms with van der Waals surface area (Å²) in [6, 6.07) is 15.5. The van der Waals surface area contributed by atoms with Gasteiger partial charge in [0, 0.05) is 27.8 Å². The molecule has 0 fully saturated rings. The predicted molar refractivity (Wildman–Crippen MR) is 111 cm³/mol. The number of hydrogen-bond donors (Lipinski definition) is 2. The molecular formula is C20H27ClN2OS. The normalized spacial score (nSPS) is 12.2. The average molecular weight is 379 g/mol. The molecule has 3 nitrogen and oxygen atoms in total. The van der Waals surface area contributed by atoms with Crippen molar-refractivity contribution in [2.75, 3.05) is 5.32 Å². The molecule has 3 N–H and O–H groups in total. The maximum atomic E-state index is 12.3. The number of aryl methyl sites for hydroxylation is 1. The van der Waals surface area contributed by atoms with E-state index < -0.39 is 0 Å². The first-order valence-electron chi connectivity index (χ1n) is 8.14. The number of anilines is 1. The van der Waals surface area contributed by atoms with Crippen LogP contribution in [-0.2, 0) is 4.79 Å². The lowest BCUT2D eigenvalue weighted by molar-refractivity contribution is -0.116. The quantitative estimate of drug-likeness (QED) is 0.690. The molecule has 0 saturated carbocycles. The Labute approximate surface area is 161 Å². The summed E-state index contributed by atoms with van der Waals surface area (Å²) in [5.74, 6) is -0.0642. The zero-order valence-corrected chi connectivity index (χ0v) is 16.8. The number of nitrogens with two attached hydrogens (primary N) is 1. The van der Waals surface area contributed by atoms with Crippen molar-refractivity contribution >= 4 is 35.8 Å². The van der Waals surface area contributed by atoms with E-state index in [1.165, 1.54) is 4.90 Å². The second-order valence-corrected chi connectivity index (χ2v) is 8.86. The number of carbonyl (C=O) groups excluding carboxylic acids is 1. The van der Waals surface area contributed by atoms with Gasteiger partial charge in [0.25, 0.3) is 0 Å². The molecule has 1 unspecified atom stereocenters. The molecular weight excluding hydrogens is 352 g/mol. The Morgan fingerprint density at radius 3 is 2.36 bits per heavy atom. The van der Waals surface area contributed by atoms with E-state index >= 15 is 0 Å². The number of rotatable bonds is 5. The van der Waals surface area contributed by atoms with E-state index in [-0.39, 0.29) is 35.5 Å². The number of hydrogen-bond acceptors (Lipinski definition) is 3. The Bertz CT molecular complexity index is 699. The van der Waals surface area contributed by atoms with Gasteiger partial charge in [0.1, 0.15) is 0 Å². The molecule has 0 aliphatic rings. The lowest BCUT2D eigenvalue weighted by Gasteiger charge is -2.19. The molecule has 0 radical (unpaired) electrons. The molecule has 136 valence electrons. The van der Waals surface area contributed by atoms with Gasteiger partial charge in [0.15, 0.2) is 0 Å². The van der Waals surface area contributed by atoms with E-state index in [1.54, 1.807) is 0 Å². The molecule has 0 bridgehead atoms. The Balaban J connectivity index is 0.00000312. The molecule has 5 heteroatoms. The van der Waals surface area contributed by atoms with Crippen LogP contribution in [0, 0.1) is 6.92 Å². The van der Waals surface area contributed by atoms with Crippen molar-refractivity contribution in [2.45, 2.75) is 49.8 Å². The SMILES string of the molecule is Cc1cc(SC(C)(C)C)ccc1NC(=O)CC(N)c1ccccc1.Cl. The van der Waals surface area contributed by atoms with Crippen LogP contribution in [0.1, 0.15) is 44.4 Å². The van der Waals surface area contributed by atoms with Gasteiger partial charge in [-0.15, -0.1) is 24.2 Å². The molecule has 1 amide bonds. The first-order valence-corrected chi connectivity index (χ1v) is 8.96. The Hall–Kier alpha value is -1.49. The third kappa shape index (κ3) is 7.10. The molecule has 2 aromatic rings. The van der Waals surface area contributed by atoms with Gasteiger partial charge in [-0.05, 0) is 36.2 Å². The summed E-state index contributed by atoms with van der Waals surface area (Å²) in [5.41, 5.74) is 9.00. The topological polar surface area (TPSA) is 55.1 Å². The highest BCUT2D eigenvalue weighted by atomic mass is 35.5. The highest BCUT2D eigenvalue weighted by Crippen LogP contribution is 2.33. The highest BCUT2D eigenvalue weighted by Gasteiger charge is 2.15. The number of amides is 1. The van der Waals surface area contributed by atoms with Crippen LogP contribution in [0.5, 0.6) is 0 Å². The summed E-state index contributed by atoms with van der Waals surface area (Å²) in [6.07, 6.45) is 0.266. The van der Waals surface area contributed by atoms with Gasteiger partial charge in [0.2, 0.25) is 5.91 Å². The van der Waals surface area contributed by atoms with Crippen LogP contribution in [0.3, 0.4) is 0 Å². The standard InChI is InChI=1S/C20H26N2OS.ClH/c1-14-12-16(24-20(2,3)4)10-11-18(14)22-19(23)13-17(21)15-8-6-5-7-9-15;/h5-12,17H,13,21H2,1-4H3,(H,22,23);1H. The zero-order valence-electron chi connectivity index (χ0n) is 15.2. The third-order valence-electron chi connectivity index (χ3n) is 3.53. The molecule has 0 heterocycles. The van der Waals surface area contributed by atoms with Crippen LogP contribution in [0.4, 0.5) is 5.69 Å². The summed E-state index contributed by atoms with van der Waals surface area (Å²) in [7, 11) is 0. The van der Waals surface area contributed by atoms with Gasteiger partial charge in [0.05, 0.1) is 0 Å². The highest BCUT2D eigenvalue weighted by molar-refractivity contribution is 8.00. The van der Waals surface area contributed by atoms with Gasteiger partial charge in [-0.3, -0.25) is 4.79 Å². The van der Waals surface area contributed by atoms with Gasteiger partial charge < -0.3 is 11.1 Å². The molecule has 1 atom stereocenters. The summed E-state index contributed by atoms with van der Waals surface area (Å²) < 4.78 is 0.166. The lowest BCUT2D eigenvalue weighted by Crippen LogP contribution is -2.21. The van der Waals surface area contributed by atoms with E-state index in [9.17, 15) is 4.79 Å². The average Bonchev–Trinajstić information content (AvgIpc) is 2.49. The van der Waals surface area contributed by atoms with E-state index in [4.69, 9.17) is 5.73 Å². The van der Waals surface area contributed by atoms with Gasteiger partial charge in [-0.25, -0.2) is 0 Å². The fourth-order valence-electron chi connectivity index (χ4n) is 2.41. The summed E-state index contributed by atoms with van der Waals surface area (Å²) in [4.78, 5) is 13.5. The molecule has 25 heavy (non-hydrogen) atoms. The Morgan fingerprint density at radius 2 is 1.80 bits per heavy atom. The van der Waals surface area contributed by atoms with Crippen LogP contribution in [-0.4, -0.2) is 10.7 Å². The van der Waals surface area contributed by atoms with E-state index in [1.807, 2.05) is 55.1 Å².